The minimum absolute atomic E-state index is 0. The Morgan fingerprint density at radius 3 is 2.00 bits per heavy atom. The van der Waals surface area contributed by atoms with Gasteiger partial charge in [0.15, 0.2) is 0 Å². The van der Waals surface area contributed by atoms with Crippen molar-refractivity contribution >= 4 is 5.91 Å². The standard InChI is InChI=1S/C2H6N2O.H3N/c1-2(5)4-3;/h3H2,1H3,(H,4,5);1H3/p+1. The highest BCUT2D eigenvalue weighted by atomic mass is 16.2. The van der Waals surface area contributed by atoms with Crippen LogP contribution in [0, 0.1) is 0 Å². The van der Waals surface area contributed by atoms with Gasteiger partial charge in [0, 0.05) is 6.92 Å². The van der Waals surface area contributed by atoms with E-state index < -0.39 is 0 Å². The van der Waals surface area contributed by atoms with Crippen molar-refractivity contribution in [3.8, 4) is 0 Å². The minimum atomic E-state index is -0.218. The Kier molecular flexibility index (Phi) is 6.61. The number of hydrogen-bond acceptors (Lipinski definition) is 2. The lowest BCUT2D eigenvalue weighted by Gasteiger charge is -1.80. The number of rotatable bonds is 0. The monoisotopic (exact) mass is 92.1 g/mol. The first-order valence-corrected chi connectivity index (χ1v) is 1.24. The molecule has 0 unspecified atom stereocenters. The van der Waals surface area contributed by atoms with Gasteiger partial charge in [-0.1, -0.05) is 0 Å². The molecule has 0 atom stereocenters. The highest BCUT2D eigenvalue weighted by Gasteiger charge is 1.73. The van der Waals surface area contributed by atoms with Gasteiger partial charge in [0.2, 0.25) is 5.91 Å². The zero-order valence-electron chi connectivity index (χ0n) is 3.99. The Morgan fingerprint density at radius 1 is 1.83 bits per heavy atom. The number of hydrazine groups is 1. The van der Waals surface area contributed by atoms with E-state index in [4.69, 9.17) is 0 Å². The van der Waals surface area contributed by atoms with Crippen molar-refractivity contribution in [3.05, 3.63) is 0 Å². The number of hydrogen-bond donors (Lipinski definition) is 3. The fourth-order valence-corrected chi connectivity index (χ4v) is 0. The van der Waals surface area contributed by atoms with Crippen molar-refractivity contribution in [1.82, 2.24) is 11.6 Å². The Hall–Kier alpha value is -0.610. The number of amides is 1. The molecule has 0 saturated carbocycles. The predicted molar refractivity (Wildman–Crippen MR) is 24.0 cm³/mol. The summed E-state index contributed by atoms with van der Waals surface area (Å²) in [4.78, 5) is 9.58. The van der Waals surface area contributed by atoms with Crippen LogP contribution in [0.3, 0.4) is 0 Å². The molecule has 0 aromatic carbocycles. The van der Waals surface area contributed by atoms with Crippen molar-refractivity contribution in [3.63, 3.8) is 0 Å². The third kappa shape index (κ3) is 10.0. The maximum Gasteiger partial charge on any atom is 0.230 e. The molecular formula is C2H10N3O+. The highest BCUT2D eigenvalue weighted by molar-refractivity contribution is 5.71. The van der Waals surface area contributed by atoms with Crippen LogP contribution in [-0.2, 0) is 4.79 Å². The average Bonchev–Trinajstić information content (AvgIpc) is 1.38. The SMILES string of the molecule is CC(=O)NN.[NH4+]. The lowest BCUT2D eigenvalue weighted by atomic mass is 10.8. The van der Waals surface area contributed by atoms with Gasteiger partial charge in [-0.2, -0.15) is 0 Å². The van der Waals surface area contributed by atoms with Gasteiger partial charge in [-0.25, -0.2) is 5.84 Å². The third-order valence-corrected chi connectivity index (χ3v) is 0.203. The number of nitrogens with one attached hydrogen (secondary N) is 1. The van der Waals surface area contributed by atoms with Gasteiger partial charge in [-0.05, 0) is 0 Å². The first-order chi connectivity index (χ1) is 2.27. The number of carbonyl (C=O) groups excluding carboxylic acids is 1. The summed E-state index contributed by atoms with van der Waals surface area (Å²) in [5.74, 6) is 4.35. The van der Waals surface area contributed by atoms with E-state index in [1.54, 1.807) is 0 Å². The van der Waals surface area contributed by atoms with Crippen molar-refractivity contribution in [2.75, 3.05) is 0 Å². The quantitative estimate of drug-likeness (QED) is 0.211. The van der Waals surface area contributed by atoms with Crippen LogP contribution in [0.15, 0.2) is 0 Å². The van der Waals surface area contributed by atoms with Gasteiger partial charge >= 0.3 is 0 Å². The second-order valence-corrected chi connectivity index (χ2v) is 0.701. The van der Waals surface area contributed by atoms with E-state index in [0.717, 1.165) is 0 Å². The lowest BCUT2D eigenvalue weighted by molar-refractivity contribution is -0.119. The van der Waals surface area contributed by atoms with Crippen molar-refractivity contribution < 1.29 is 4.79 Å². The predicted octanol–water partition coefficient (Wildman–Crippen LogP) is -0.628. The van der Waals surface area contributed by atoms with E-state index in [0.29, 0.717) is 0 Å². The van der Waals surface area contributed by atoms with Crippen LogP contribution in [0.4, 0.5) is 0 Å². The number of carbonyl (C=O) groups is 1. The first-order valence-electron chi connectivity index (χ1n) is 1.24. The van der Waals surface area contributed by atoms with Crippen molar-refractivity contribution in [2.45, 2.75) is 6.92 Å². The van der Waals surface area contributed by atoms with Gasteiger partial charge in [0.05, 0.1) is 0 Å². The second kappa shape index (κ2) is 4.39. The van der Waals surface area contributed by atoms with Crippen LogP contribution < -0.4 is 17.4 Å². The van der Waals surface area contributed by atoms with E-state index in [-0.39, 0.29) is 12.1 Å². The molecule has 7 N–H and O–H groups in total. The summed E-state index contributed by atoms with van der Waals surface area (Å²) in [6, 6.07) is 0. The molecule has 0 aliphatic rings. The van der Waals surface area contributed by atoms with Gasteiger partial charge in [0.25, 0.3) is 0 Å². The minimum Gasteiger partial charge on any atom is -0.369 e. The summed E-state index contributed by atoms with van der Waals surface area (Å²) in [6.45, 7) is 1.35. The van der Waals surface area contributed by atoms with E-state index in [2.05, 4.69) is 5.84 Å². The molecule has 1 amide bonds. The second-order valence-electron chi connectivity index (χ2n) is 0.701. The largest absolute Gasteiger partial charge is 0.369 e. The molecule has 4 nitrogen and oxygen atoms in total. The average molecular weight is 92.1 g/mol. The van der Waals surface area contributed by atoms with Gasteiger partial charge in [-0.15, -0.1) is 0 Å². The van der Waals surface area contributed by atoms with Gasteiger partial charge in [0.1, 0.15) is 0 Å². The Morgan fingerprint density at radius 2 is 2.00 bits per heavy atom. The Labute approximate surface area is 36.3 Å². The molecule has 0 spiro atoms. The lowest BCUT2D eigenvalue weighted by Crippen LogP contribution is -2.26. The zero-order chi connectivity index (χ0) is 4.28. The van der Waals surface area contributed by atoms with Gasteiger partial charge < -0.3 is 6.15 Å². The zero-order valence-corrected chi connectivity index (χ0v) is 3.99. The van der Waals surface area contributed by atoms with Gasteiger partial charge in [-0.3, -0.25) is 10.2 Å². The number of quaternary nitrogens is 1. The molecule has 0 radical (unpaired) electrons. The smallest absolute Gasteiger partial charge is 0.230 e. The summed E-state index contributed by atoms with van der Waals surface area (Å²) in [6.07, 6.45) is 0. The van der Waals surface area contributed by atoms with Crippen LogP contribution in [0.25, 0.3) is 0 Å². The number of nitrogens with two attached hydrogens (primary N) is 1. The van der Waals surface area contributed by atoms with Crippen molar-refractivity contribution in [2.24, 2.45) is 5.84 Å². The fraction of sp³-hybridized carbons (Fsp3) is 0.500. The maximum absolute atomic E-state index is 9.58. The normalized spacial score (nSPS) is 5.67. The van der Waals surface area contributed by atoms with E-state index in [1.807, 2.05) is 5.43 Å². The summed E-state index contributed by atoms with van der Waals surface area (Å²) in [5, 5.41) is 0. The molecule has 0 rings (SSSR count). The Bertz CT molecular complexity index is 44.1. The molecule has 0 aliphatic heterocycles. The molecule has 0 aromatic rings. The fourth-order valence-electron chi connectivity index (χ4n) is 0. The molecular weight excluding hydrogens is 82.0 g/mol. The molecule has 0 aromatic heterocycles. The van der Waals surface area contributed by atoms with E-state index >= 15 is 0 Å². The topological polar surface area (TPSA) is 91.6 Å². The molecule has 4 heteroatoms. The van der Waals surface area contributed by atoms with Crippen LogP contribution in [0.5, 0.6) is 0 Å². The molecule has 0 heterocycles. The third-order valence-electron chi connectivity index (χ3n) is 0.203. The molecule has 0 saturated heterocycles. The van der Waals surface area contributed by atoms with E-state index in [1.165, 1.54) is 6.92 Å². The molecule has 0 aliphatic carbocycles. The van der Waals surface area contributed by atoms with E-state index in [9.17, 15) is 4.79 Å². The Balaban J connectivity index is 0. The summed E-state index contributed by atoms with van der Waals surface area (Å²) in [7, 11) is 0. The van der Waals surface area contributed by atoms with Crippen molar-refractivity contribution in [1.29, 1.82) is 0 Å². The summed E-state index contributed by atoms with van der Waals surface area (Å²) >= 11 is 0. The van der Waals surface area contributed by atoms with Crippen LogP contribution >= 0.6 is 0 Å². The maximum atomic E-state index is 9.58. The molecule has 38 valence electrons. The first kappa shape index (κ1) is 9.04. The molecule has 0 bridgehead atoms. The van der Waals surface area contributed by atoms with Crippen LogP contribution in [0.1, 0.15) is 6.92 Å². The summed E-state index contributed by atoms with van der Waals surface area (Å²) in [5.41, 5.74) is 1.89. The highest BCUT2D eigenvalue weighted by Crippen LogP contribution is 1.41. The van der Waals surface area contributed by atoms with Crippen LogP contribution in [0.2, 0.25) is 0 Å². The van der Waals surface area contributed by atoms with Crippen LogP contribution in [-0.4, -0.2) is 5.91 Å². The molecule has 0 fully saturated rings. The summed E-state index contributed by atoms with van der Waals surface area (Å²) < 4.78 is 0. The molecule has 6 heavy (non-hydrogen) atoms.